The Kier molecular flexibility index (Phi) is 5.91. The van der Waals surface area contributed by atoms with Crippen molar-refractivity contribution in [2.75, 3.05) is 5.32 Å². The molecule has 0 aliphatic heterocycles. The van der Waals surface area contributed by atoms with Crippen LogP contribution < -0.4 is 5.32 Å². The topological polar surface area (TPSA) is 51.2 Å². The smallest absolute Gasteiger partial charge is 0.338 e. The molecule has 134 valence electrons. The fourth-order valence-electron chi connectivity index (χ4n) is 2.47. The molecule has 0 amide bonds. The number of nitrogens with one attached hydrogen (secondary N) is 1. The van der Waals surface area contributed by atoms with E-state index in [2.05, 4.69) is 16.4 Å². The molecule has 6 heteroatoms. The van der Waals surface area contributed by atoms with Gasteiger partial charge in [0.05, 0.1) is 18.2 Å². The van der Waals surface area contributed by atoms with E-state index in [4.69, 9.17) is 16.3 Å². The van der Waals surface area contributed by atoms with Crippen LogP contribution in [0.5, 0.6) is 0 Å². The van der Waals surface area contributed by atoms with E-state index in [0.29, 0.717) is 16.6 Å². The summed E-state index contributed by atoms with van der Waals surface area (Å²) in [6, 6.07) is 15.5. The van der Waals surface area contributed by atoms with Gasteiger partial charge in [0.2, 0.25) is 0 Å². The predicted octanol–water partition coefficient (Wildman–Crippen LogP) is 5.64. The molecule has 3 rings (SSSR count). The molecule has 4 nitrogen and oxygen atoms in total. The first kappa shape index (κ1) is 18.4. The third-order valence-electron chi connectivity index (χ3n) is 3.63. The highest BCUT2D eigenvalue weighted by molar-refractivity contribution is 7.15. The number of hydrogen-bond acceptors (Lipinski definition) is 5. The van der Waals surface area contributed by atoms with E-state index < -0.39 is 0 Å². The van der Waals surface area contributed by atoms with Crippen molar-refractivity contribution in [2.24, 2.45) is 0 Å². The van der Waals surface area contributed by atoms with Crippen LogP contribution in [-0.4, -0.2) is 17.1 Å². The molecule has 0 bridgehead atoms. The summed E-state index contributed by atoms with van der Waals surface area (Å²) in [6.45, 7) is 4.34. The standard InChI is InChI=1S/C20H19ClN2O2S/c1-13(2)25-19(24)16-7-3-5-14(9-16)15-6-4-8-17(10-15)22-11-18-12-23-20(21)26-18/h3-10,12-13,22H,11H2,1-2H3. The monoisotopic (exact) mass is 386 g/mol. The van der Waals surface area contributed by atoms with Gasteiger partial charge in [-0.1, -0.05) is 35.9 Å². The third-order valence-corrected chi connectivity index (χ3v) is 4.74. The normalized spacial score (nSPS) is 10.8. The Morgan fingerprint density at radius 1 is 1.19 bits per heavy atom. The Morgan fingerprint density at radius 2 is 1.92 bits per heavy atom. The lowest BCUT2D eigenvalue weighted by Gasteiger charge is -2.10. The van der Waals surface area contributed by atoms with Crippen LogP contribution in [0.25, 0.3) is 11.1 Å². The Labute approximate surface area is 161 Å². The lowest BCUT2D eigenvalue weighted by molar-refractivity contribution is 0.0378. The molecule has 0 aliphatic rings. The van der Waals surface area contributed by atoms with Crippen LogP contribution in [0.1, 0.15) is 29.1 Å². The van der Waals surface area contributed by atoms with Gasteiger partial charge in [-0.15, -0.1) is 11.3 Å². The molecule has 1 heterocycles. The summed E-state index contributed by atoms with van der Waals surface area (Å²) in [5.74, 6) is -0.307. The lowest BCUT2D eigenvalue weighted by Crippen LogP contribution is -2.11. The average Bonchev–Trinajstić information content (AvgIpc) is 3.05. The second-order valence-electron chi connectivity index (χ2n) is 6.05. The number of thiazole rings is 1. The number of rotatable bonds is 6. The highest BCUT2D eigenvalue weighted by Gasteiger charge is 2.10. The maximum Gasteiger partial charge on any atom is 0.338 e. The third kappa shape index (κ3) is 4.84. The minimum absolute atomic E-state index is 0.140. The molecule has 0 saturated heterocycles. The van der Waals surface area contributed by atoms with Crippen LogP contribution in [0.15, 0.2) is 54.7 Å². The molecule has 2 aromatic carbocycles. The Bertz CT molecular complexity index is 908. The van der Waals surface area contributed by atoms with Crippen molar-refractivity contribution < 1.29 is 9.53 Å². The maximum absolute atomic E-state index is 12.1. The molecule has 0 saturated carbocycles. The van der Waals surface area contributed by atoms with Crippen molar-refractivity contribution >= 4 is 34.6 Å². The summed E-state index contributed by atoms with van der Waals surface area (Å²) in [5.41, 5.74) is 3.53. The van der Waals surface area contributed by atoms with Crippen LogP contribution in [-0.2, 0) is 11.3 Å². The summed E-state index contributed by atoms with van der Waals surface area (Å²) in [5, 5.41) is 3.37. The zero-order chi connectivity index (χ0) is 18.5. The molecule has 0 unspecified atom stereocenters. The number of halogens is 1. The van der Waals surface area contributed by atoms with Gasteiger partial charge in [-0.2, -0.15) is 0 Å². The fourth-order valence-corrected chi connectivity index (χ4v) is 3.39. The quantitative estimate of drug-likeness (QED) is 0.557. The van der Waals surface area contributed by atoms with Crippen molar-refractivity contribution in [3.05, 3.63) is 69.6 Å². The first-order valence-corrected chi connectivity index (χ1v) is 9.46. The molecule has 3 aromatic rings. The van der Waals surface area contributed by atoms with E-state index in [1.54, 1.807) is 12.3 Å². The fraction of sp³-hybridized carbons (Fsp3) is 0.200. The SMILES string of the molecule is CC(C)OC(=O)c1cccc(-c2cccc(NCc3cnc(Cl)s3)c2)c1. The molecular weight excluding hydrogens is 368 g/mol. The predicted molar refractivity (Wildman–Crippen MR) is 107 cm³/mol. The van der Waals surface area contributed by atoms with Gasteiger partial charge in [-0.25, -0.2) is 9.78 Å². The van der Waals surface area contributed by atoms with Crippen LogP contribution >= 0.6 is 22.9 Å². The van der Waals surface area contributed by atoms with Crippen LogP contribution in [0.4, 0.5) is 5.69 Å². The number of aromatic nitrogens is 1. The minimum atomic E-state index is -0.307. The van der Waals surface area contributed by atoms with E-state index in [1.807, 2.05) is 50.2 Å². The van der Waals surface area contributed by atoms with Crippen molar-refractivity contribution in [3.8, 4) is 11.1 Å². The van der Waals surface area contributed by atoms with Gasteiger partial charge in [0, 0.05) is 16.8 Å². The van der Waals surface area contributed by atoms with E-state index in [1.165, 1.54) is 11.3 Å². The number of ether oxygens (including phenoxy) is 1. The number of nitrogens with zero attached hydrogens (tertiary/aromatic N) is 1. The van der Waals surface area contributed by atoms with Crippen LogP contribution in [0.3, 0.4) is 0 Å². The number of benzene rings is 2. The second-order valence-corrected chi connectivity index (χ2v) is 7.75. The Hall–Kier alpha value is -2.37. The maximum atomic E-state index is 12.1. The van der Waals surface area contributed by atoms with E-state index >= 15 is 0 Å². The molecule has 0 radical (unpaired) electrons. The van der Waals surface area contributed by atoms with Gasteiger partial charge < -0.3 is 10.1 Å². The highest BCUT2D eigenvalue weighted by Crippen LogP contribution is 2.25. The van der Waals surface area contributed by atoms with E-state index in [0.717, 1.165) is 21.7 Å². The summed E-state index contributed by atoms with van der Waals surface area (Å²) < 4.78 is 5.82. The summed E-state index contributed by atoms with van der Waals surface area (Å²) >= 11 is 7.32. The molecule has 0 aliphatic carbocycles. The van der Waals surface area contributed by atoms with E-state index in [9.17, 15) is 4.79 Å². The molecule has 1 N–H and O–H groups in total. The summed E-state index contributed by atoms with van der Waals surface area (Å²) in [4.78, 5) is 17.2. The first-order chi connectivity index (χ1) is 12.5. The lowest BCUT2D eigenvalue weighted by atomic mass is 10.0. The number of carbonyl (C=O) groups is 1. The molecular formula is C20H19ClN2O2S. The van der Waals surface area contributed by atoms with Gasteiger partial charge in [0.15, 0.2) is 4.47 Å². The molecule has 0 fully saturated rings. The van der Waals surface area contributed by atoms with Gasteiger partial charge in [-0.3, -0.25) is 0 Å². The minimum Gasteiger partial charge on any atom is -0.459 e. The average molecular weight is 387 g/mol. The Balaban J connectivity index is 1.76. The van der Waals surface area contributed by atoms with Crippen molar-refractivity contribution in [2.45, 2.75) is 26.5 Å². The van der Waals surface area contributed by atoms with Crippen molar-refractivity contribution in [1.82, 2.24) is 4.98 Å². The van der Waals surface area contributed by atoms with Gasteiger partial charge in [-0.05, 0) is 49.2 Å². The largest absolute Gasteiger partial charge is 0.459 e. The van der Waals surface area contributed by atoms with Crippen LogP contribution in [0.2, 0.25) is 4.47 Å². The summed E-state index contributed by atoms with van der Waals surface area (Å²) in [7, 11) is 0. The van der Waals surface area contributed by atoms with Gasteiger partial charge in [0.1, 0.15) is 0 Å². The number of esters is 1. The molecule has 0 spiro atoms. The number of hydrogen-bond donors (Lipinski definition) is 1. The summed E-state index contributed by atoms with van der Waals surface area (Å²) in [6.07, 6.45) is 1.63. The molecule has 0 atom stereocenters. The number of carbonyl (C=O) groups excluding carboxylic acids is 1. The van der Waals surface area contributed by atoms with Crippen molar-refractivity contribution in [1.29, 1.82) is 0 Å². The van der Waals surface area contributed by atoms with Gasteiger partial charge in [0.25, 0.3) is 0 Å². The molecule has 26 heavy (non-hydrogen) atoms. The highest BCUT2D eigenvalue weighted by atomic mass is 35.5. The van der Waals surface area contributed by atoms with Gasteiger partial charge >= 0.3 is 5.97 Å². The zero-order valence-corrected chi connectivity index (χ0v) is 16.1. The van der Waals surface area contributed by atoms with Crippen molar-refractivity contribution in [3.63, 3.8) is 0 Å². The van der Waals surface area contributed by atoms with Crippen LogP contribution in [0, 0.1) is 0 Å². The number of anilines is 1. The van der Waals surface area contributed by atoms with E-state index in [-0.39, 0.29) is 12.1 Å². The zero-order valence-electron chi connectivity index (χ0n) is 14.5. The molecule has 1 aromatic heterocycles. The first-order valence-electron chi connectivity index (χ1n) is 8.27. The second kappa shape index (κ2) is 8.34. The Morgan fingerprint density at radius 3 is 2.62 bits per heavy atom.